The number of carboxylic acids is 1. The van der Waals surface area contributed by atoms with Crippen molar-refractivity contribution in [1.29, 1.82) is 0 Å². The van der Waals surface area contributed by atoms with Gasteiger partial charge in [0.15, 0.2) is 5.89 Å². The van der Waals surface area contributed by atoms with Crippen molar-refractivity contribution >= 4 is 11.9 Å². The zero-order valence-corrected chi connectivity index (χ0v) is 11.2. The maximum atomic E-state index is 12.4. The van der Waals surface area contributed by atoms with E-state index in [1.165, 1.54) is 0 Å². The number of aliphatic carboxylic acids is 1. The Hall–Kier alpha value is -1.85. The molecule has 1 fully saturated rings. The van der Waals surface area contributed by atoms with Crippen LogP contribution in [0.25, 0.3) is 0 Å². The standard InChI is InChI=1S/C13H18N2O4/c1-8-12(19-9(2)14-8)13(18)15-6-4-3-5-10(15)7-11(16)17/h10H,3-7H2,1-2H3,(H,16,17). The van der Waals surface area contributed by atoms with Gasteiger partial charge in [0, 0.05) is 19.5 Å². The number of likely N-dealkylation sites (tertiary alicyclic amines) is 1. The number of oxazole rings is 1. The highest BCUT2D eigenvalue weighted by molar-refractivity contribution is 5.93. The third-order valence-corrected chi connectivity index (χ3v) is 3.40. The molecule has 1 amide bonds. The van der Waals surface area contributed by atoms with Gasteiger partial charge in [0.25, 0.3) is 5.91 Å². The number of amides is 1. The van der Waals surface area contributed by atoms with E-state index in [-0.39, 0.29) is 24.1 Å². The van der Waals surface area contributed by atoms with Gasteiger partial charge >= 0.3 is 5.97 Å². The molecular formula is C13H18N2O4. The number of nitrogens with zero attached hydrogens (tertiary/aromatic N) is 2. The minimum Gasteiger partial charge on any atom is -0.481 e. The number of aromatic nitrogens is 1. The zero-order valence-electron chi connectivity index (χ0n) is 11.2. The summed E-state index contributed by atoms with van der Waals surface area (Å²) in [4.78, 5) is 29.0. The summed E-state index contributed by atoms with van der Waals surface area (Å²) >= 11 is 0. The van der Waals surface area contributed by atoms with E-state index in [2.05, 4.69) is 4.98 Å². The summed E-state index contributed by atoms with van der Waals surface area (Å²) < 4.78 is 5.33. The summed E-state index contributed by atoms with van der Waals surface area (Å²) in [7, 11) is 0. The molecule has 0 saturated carbocycles. The van der Waals surface area contributed by atoms with Crippen LogP contribution in [-0.2, 0) is 4.79 Å². The Morgan fingerprint density at radius 2 is 2.16 bits per heavy atom. The second-order valence-corrected chi connectivity index (χ2v) is 4.89. The number of rotatable bonds is 3. The maximum absolute atomic E-state index is 12.4. The van der Waals surface area contributed by atoms with E-state index in [9.17, 15) is 9.59 Å². The van der Waals surface area contributed by atoms with Crippen LogP contribution in [0.15, 0.2) is 4.42 Å². The molecule has 6 nitrogen and oxygen atoms in total. The molecule has 1 saturated heterocycles. The Kier molecular flexibility index (Phi) is 3.87. The highest BCUT2D eigenvalue weighted by atomic mass is 16.4. The molecule has 1 aliphatic heterocycles. The van der Waals surface area contributed by atoms with E-state index in [4.69, 9.17) is 9.52 Å². The van der Waals surface area contributed by atoms with Gasteiger partial charge in [-0.2, -0.15) is 0 Å². The Balaban J connectivity index is 2.19. The lowest BCUT2D eigenvalue weighted by Crippen LogP contribution is -2.44. The van der Waals surface area contributed by atoms with Crippen molar-refractivity contribution in [1.82, 2.24) is 9.88 Å². The first kappa shape index (κ1) is 13.6. The highest BCUT2D eigenvalue weighted by Crippen LogP contribution is 2.23. The monoisotopic (exact) mass is 266 g/mol. The maximum Gasteiger partial charge on any atom is 0.305 e. The fraction of sp³-hybridized carbons (Fsp3) is 0.615. The molecule has 19 heavy (non-hydrogen) atoms. The Bertz CT molecular complexity index is 495. The summed E-state index contributed by atoms with van der Waals surface area (Å²) in [5, 5.41) is 8.92. The molecule has 1 aliphatic rings. The van der Waals surface area contributed by atoms with Crippen LogP contribution in [0.4, 0.5) is 0 Å². The van der Waals surface area contributed by atoms with Crippen molar-refractivity contribution in [2.45, 2.75) is 45.6 Å². The van der Waals surface area contributed by atoms with Gasteiger partial charge in [0.1, 0.15) is 0 Å². The van der Waals surface area contributed by atoms with Gasteiger partial charge < -0.3 is 14.4 Å². The number of hydrogen-bond acceptors (Lipinski definition) is 4. The average molecular weight is 266 g/mol. The topological polar surface area (TPSA) is 83.6 Å². The molecule has 2 heterocycles. The molecule has 2 rings (SSSR count). The molecule has 1 aromatic heterocycles. The van der Waals surface area contributed by atoms with Crippen molar-refractivity contribution < 1.29 is 19.1 Å². The molecule has 0 aromatic carbocycles. The van der Waals surface area contributed by atoms with Crippen LogP contribution in [0.3, 0.4) is 0 Å². The SMILES string of the molecule is Cc1nc(C)c(C(=O)N2CCCCC2CC(=O)O)o1. The molecule has 1 N–H and O–H groups in total. The third kappa shape index (κ3) is 2.94. The smallest absolute Gasteiger partial charge is 0.305 e. The molecule has 6 heteroatoms. The largest absolute Gasteiger partial charge is 0.481 e. The van der Waals surface area contributed by atoms with Gasteiger partial charge in [-0.1, -0.05) is 0 Å². The number of aryl methyl sites for hydroxylation is 2. The summed E-state index contributed by atoms with van der Waals surface area (Å²) in [5.74, 6) is -0.443. The lowest BCUT2D eigenvalue weighted by molar-refractivity contribution is -0.138. The van der Waals surface area contributed by atoms with Gasteiger partial charge in [-0.05, 0) is 26.2 Å². The van der Waals surface area contributed by atoms with E-state index in [0.29, 0.717) is 18.1 Å². The lowest BCUT2D eigenvalue weighted by Gasteiger charge is -2.34. The molecule has 0 spiro atoms. The van der Waals surface area contributed by atoms with Gasteiger partial charge in [-0.3, -0.25) is 9.59 Å². The first-order valence-corrected chi connectivity index (χ1v) is 6.46. The first-order chi connectivity index (χ1) is 8.99. The molecule has 1 atom stereocenters. The molecule has 0 radical (unpaired) electrons. The first-order valence-electron chi connectivity index (χ1n) is 6.46. The van der Waals surface area contributed by atoms with Gasteiger partial charge in [0.2, 0.25) is 5.76 Å². The minimum absolute atomic E-state index is 0.0160. The quantitative estimate of drug-likeness (QED) is 0.901. The van der Waals surface area contributed by atoms with Crippen molar-refractivity contribution in [3.8, 4) is 0 Å². The van der Waals surface area contributed by atoms with Crippen molar-refractivity contribution in [2.75, 3.05) is 6.54 Å². The van der Waals surface area contributed by atoms with E-state index < -0.39 is 5.97 Å². The van der Waals surface area contributed by atoms with Gasteiger partial charge in [-0.25, -0.2) is 4.98 Å². The Labute approximate surface area is 111 Å². The number of hydrogen-bond donors (Lipinski definition) is 1. The summed E-state index contributed by atoms with van der Waals surface area (Å²) in [6.07, 6.45) is 2.56. The predicted octanol–water partition coefficient (Wildman–Crippen LogP) is 1.76. The van der Waals surface area contributed by atoms with E-state index in [1.807, 2.05) is 0 Å². The normalized spacial score (nSPS) is 19.5. The van der Waals surface area contributed by atoms with Crippen LogP contribution < -0.4 is 0 Å². The van der Waals surface area contributed by atoms with Crippen LogP contribution in [0.1, 0.15) is 47.8 Å². The van der Waals surface area contributed by atoms with Crippen LogP contribution in [0, 0.1) is 13.8 Å². The molecule has 104 valence electrons. The fourth-order valence-corrected chi connectivity index (χ4v) is 2.54. The predicted molar refractivity (Wildman–Crippen MR) is 66.9 cm³/mol. The van der Waals surface area contributed by atoms with Crippen LogP contribution in [0.5, 0.6) is 0 Å². The summed E-state index contributed by atoms with van der Waals surface area (Å²) in [6, 6.07) is -0.247. The summed E-state index contributed by atoms with van der Waals surface area (Å²) in [6.45, 7) is 3.99. The molecule has 0 aliphatic carbocycles. The zero-order chi connectivity index (χ0) is 14.0. The molecule has 0 bridgehead atoms. The second-order valence-electron chi connectivity index (χ2n) is 4.89. The Morgan fingerprint density at radius 3 is 2.74 bits per heavy atom. The molecule has 1 aromatic rings. The minimum atomic E-state index is -0.879. The number of carboxylic acid groups (broad SMARTS) is 1. The van der Waals surface area contributed by atoms with E-state index >= 15 is 0 Å². The van der Waals surface area contributed by atoms with Gasteiger partial charge in [-0.15, -0.1) is 0 Å². The summed E-state index contributed by atoms with van der Waals surface area (Å²) in [5.41, 5.74) is 0.558. The number of carbonyl (C=O) groups is 2. The molecular weight excluding hydrogens is 248 g/mol. The Morgan fingerprint density at radius 1 is 1.42 bits per heavy atom. The second kappa shape index (κ2) is 5.42. The van der Waals surface area contributed by atoms with Crippen LogP contribution >= 0.6 is 0 Å². The average Bonchev–Trinajstić information content (AvgIpc) is 2.67. The van der Waals surface area contributed by atoms with Crippen LogP contribution in [-0.4, -0.2) is 39.5 Å². The number of piperidine rings is 1. The van der Waals surface area contributed by atoms with Crippen LogP contribution in [0.2, 0.25) is 0 Å². The lowest BCUT2D eigenvalue weighted by atomic mass is 9.99. The van der Waals surface area contributed by atoms with E-state index in [0.717, 1.165) is 19.3 Å². The fourth-order valence-electron chi connectivity index (χ4n) is 2.54. The number of carbonyl (C=O) groups excluding carboxylic acids is 1. The van der Waals surface area contributed by atoms with Crippen molar-refractivity contribution in [3.05, 3.63) is 17.3 Å². The third-order valence-electron chi connectivity index (χ3n) is 3.40. The molecule has 1 unspecified atom stereocenters. The van der Waals surface area contributed by atoms with Crippen molar-refractivity contribution in [3.63, 3.8) is 0 Å². The van der Waals surface area contributed by atoms with E-state index in [1.54, 1.807) is 18.7 Å². The van der Waals surface area contributed by atoms with Crippen molar-refractivity contribution in [2.24, 2.45) is 0 Å². The van der Waals surface area contributed by atoms with Gasteiger partial charge in [0.05, 0.1) is 12.1 Å². The highest BCUT2D eigenvalue weighted by Gasteiger charge is 2.31.